The second-order valence-electron chi connectivity index (χ2n) is 5.76. The number of nitrogens with two attached hydrogens (primary N) is 1. The van der Waals surface area contributed by atoms with Crippen molar-refractivity contribution in [3.05, 3.63) is 47.3 Å². The van der Waals surface area contributed by atoms with Gasteiger partial charge < -0.3 is 11.1 Å². The van der Waals surface area contributed by atoms with Crippen molar-refractivity contribution in [2.24, 2.45) is 5.73 Å². The van der Waals surface area contributed by atoms with Crippen molar-refractivity contribution < 1.29 is 13.2 Å². The standard InChI is InChI=1S/C17H23N3O3S2/c1-3-17(4-2,12-18)19-16(21)13-7-5-8-14(11-13)20-25(22,23)15-9-6-10-24-15/h5-11,20H,3-4,12,18H2,1-2H3,(H,19,21). The quantitative estimate of drug-likeness (QED) is 0.654. The summed E-state index contributed by atoms with van der Waals surface area (Å²) < 4.78 is 27.3. The van der Waals surface area contributed by atoms with Crippen LogP contribution < -0.4 is 15.8 Å². The van der Waals surface area contributed by atoms with Crippen LogP contribution in [0.4, 0.5) is 5.69 Å². The molecule has 0 saturated heterocycles. The molecule has 8 heteroatoms. The van der Waals surface area contributed by atoms with Crippen LogP contribution in [0.25, 0.3) is 0 Å². The molecular formula is C17H23N3O3S2. The molecule has 0 saturated carbocycles. The summed E-state index contributed by atoms with van der Waals surface area (Å²) >= 11 is 1.13. The first-order valence-corrected chi connectivity index (χ1v) is 10.4. The zero-order valence-corrected chi connectivity index (χ0v) is 15.9. The van der Waals surface area contributed by atoms with Crippen LogP contribution in [-0.2, 0) is 10.0 Å². The number of sulfonamides is 1. The largest absolute Gasteiger partial charge is 0.345 e. The van der Waals surface area contributed by atoms with Gasteiger partial charge in [0.25, 0.3) is 15.9 Å². The van der Waals surface area contributed by atoms with Crippen LogP contribution in [0.15, 0.2) is 46.0 Å². The van der Waals surface area contributed by atoms with Gasteiger partial charge in [0.05, 0.1) is 5.54 Å². The summed E-state index contributed by atoms with van der Waals surface area (Å²) in [5, 5.41) is 4.67. The highest BCUT2D eigenvalue weighted by Gasteiger charge is 2.27. The molecule has 0 fully saturated rings. The van der Waals surface area contributed by atoms with Gasteiger partial charge in [0.1, 0.15) is 4.21 Å². The van der Waals surface area contributed by atoms with E-state index < -0.39 is 15.6 Å². The van der Waals surface area contributed by atoms with Crippen LogP contribution in [-0.4, -0.2) is 26.4 Å². The summed E-state index contributed by atoms with van der Waals surface area (Å²) in [6, 6.07) is 9.62. The van der Waals surface area contributed by atoms with Crippen LogP contribution in [0.2, 0.25) is 0 Å². The van der Waals surface area contributed by atoms with Crippen molar-refractivity contribution in [2.45, 2.75) is 36.4 Å². The maximum Gasteiger partial charge on any atom is 0.271 e. The van der Waals surface area contributed by atoms with E-state index in [9.17, 15) is 13.2 Å². The van der Waals surface area contributed by atoms with Crippen molar-refractivity contribution in [1.29, 1.82) is 0 Å². The Balaban J connectivity index is 2.20. The monoisotopic (exact) mass is 381 g/mol. The fraction of sp³-hybridized carbons (Fsp3) is 0.353. The molecule has 1 heterocycles. The first kappa shape index (κ1) is 19.4. The predicted octanol–water partition coefficient (Wildman–Crippen LogP) is 2.80. The maximum absolute atomic E-state index is 12.5. The van der Waals surface area contributed by atoms with Crippen LogP contribution in [0.5, 0.6) is 0 Å². The van der Waals surface area contributed by atoms with Crippen LogP contribution in [0.3, 0.4) is 0 Å². The van der Waals surface area contributed by atoms with Gasteiger partial charge in [-0.25, -0.2) is 8.42 Å². The Hall–Kier alpha value is -1.90. The molecule has 0 unspecified atom stereocenters. The fourth-order valence-corrected chi connectivity index (χ4v) is 4.47. The third-order valence-corrected chi connectivity index (χ3v) is 7.04. The predicted molar refractivity (Wildman–Crippen MR) is 101 cm³/mol. The highest BCUT2D eigenvalue weighted by Crippen LogP contribution is 2.21. The average molecular weight is 382 g/mol. The van der Waals surface area contributed by atoms with Crippen LogP contribution >= 0.6 is 11.3 Å². The molecule has 2 rings (SSSR count). The third kappa shape index (κ3) is 4.59. The molecular weight excluding hydrogens is 358 g/mol. The number of anilines is 1. The fourth-order valence-electron chi connectivity index (χ4n) is 2.43. The highest BCUT2D eigenvalue weighted by molar-refractivity contribution is 7.94. The summed E-state index contributed by atoms with van der Waals surface area (Å²) in [5.74, 6) is -0.272. The Morgan fingerprint density at radius 1 is 1.20 bits per heavy atom. The van der Waals surface area contributed by atoms with Gasteiger partial charge in [0, 0.05) is 17.8 Å². The number of hydrogen-bond donors (Lipinski definition) is 3. The molecule has 0 aliphatic heterocycles. The molecule has 0 aliphatic rings. The van der Waals surface area contributed by atoms with Gasteiger partial charge in [-0.2, -0.15) is 0 Å². The molecule has 0 bridgehead atoms. The van der Waals surface area contributed by atoms with E-state index in [1.807, 2.05) is 13.8 Å². The minimum Gasteiger partial charge on any atom is -0.345 e. The zero-order valence-electron chi connectivity index (χ0n) is 14.3. The van der Waals surface area contributed by atoms with Crippen LogP contribution in [0, 0.1) is 0 Å². The van der Waals surface area contributed by atoms with E-state index in [4.69, 9.17) is 5.73 Å². The van der Waals surface area contributed by atoms with E-state index in [0.29, 0.717) is 17.8 Å². The van der Waals surface area contributed by atoms with E-state index in [1.54, 1.807) is 29.6 Å². The smallest absolute Gasteiger partial charge is 0.271 e. The number of benzene rings is 1. The zero-order chi connectivity index (χ0) is 18.5. The summed E-state index contributed by atoms with van der Waals surface area (Å²) in [7, 11) is -3.64. The Labute approximate surface area is 152 Å². The van der Waals surface area contributed by atoms with Crippen LogP contribution in [0.1, 0.15) is 37.0 Å². The first-order chi connectivity index (χ1) is 11.9. The second kappa shape index (κ2) is 7.99. The van der Waals surface area contributed by atoms with Crippen molar-refractivity contribution >= 4 is 33.0 Å². The average Bonchev–Trinajstić information content (AvgIpc) is 3.15. The minimum absolute atomic E-state index is 0.224. The van der Waals surface area contributed by atoms with Gasteiger partial charge in [-0.3, -0.25) is 9.52 Å². The number of amides is 1. The Kier molecular flexibility index (Phi) is 6.21. The van der Waals surface area contributed by atoms with Crippen molar-refractivity contribution in [1.82, 2.24) is 5.32 Å². The highest BCUT2D eigenvalue weighted by atomic mass is 32.2. The number of thiophene rings is 1. The van der Waals surface area contributed by atoms with Crippen molar-refractivity contribution in [2.75, 3.05) is 11.3 Å². The normalized spacial score (nSPS) is 12.0. The van der Waals surface area contributed by atoms with Gasteiger partial charge >= 0.3 is 0 Å². The summed E-state index contributed by atoms with van der Waals surface area (Å²) in [6.45, 7) is 4.29. The van der Waals surface area contributed by atoms with E-state index in [1.165, 1.54) is 12.1 Å². The maximum atomic E-state index is 12.5. The lowest BCUT2D eigenvalue weighted by Gasteiger charge is -2.31. The second-order valence-corrected chi connectivity index (χ2v) is 8.62. The Morgan fingerprint density at radius 2 is 1.92 bits per heavy atom. The minimum atomic E-state index is -3.64. The molecule has 4 N–H and O–H groups in total. The molecule has 0 spiro atoms. The molecule has 1 aromatic heterocycles. The molecule has 0 atom stereocenters. The third-order valence-electron chi connectivity index (χ3n) is 4.26. The van der Waals surface area contributed by atoms with Gasteiger partial charge in [-0.05, 0) is 42.5 Å². The number of carbonyl (C=O) groups is 1. The van der Waals surface area contributed by atoms with Crippen molar-refractivity contribution in [3.63, 3.8) is 0 Å². The number of nitrogens with one attached hydrogen (secondary N) is 2. The lowest BCUT2D eigenvalue weighted by atomic mass is 9.92. The van der Waals surface area contributed by atoms with Gasteiger partial charge in [-0.1, -0.05) is 26.0 Å². The molecule has 25 heavy (non-hydrogen) atoms. The number of rotatable bonds is 8. The molecule has 1 aromatic carbocycles. The van der Waals surface area contributed by atoms with E-state index in [2.05, 4.69) is 10.0 Å². The van der Waals surface area contributed by atoms with Gasteiger partial charge in [0.15, 0.2) is 0 Å². The van der Waals surface area contributed by atoms with Crippen molar-refractivity contribution in [3.8, 4) is 0 Å². The topological polar surface area (TPSA) is 101 Å². The summed E-state index contributed by atoms with van der Waals surface area (Å²) in [6.07, 6.45) is 1.44. The number of hydrogen-bond acceptors (Lipinski definition) is 5. The van der Waals surface area contributed by atoms with E-state index in [-0.39, 0.29) is 10.1 Å². The first-order valence-electron chi connectivity index (χ1n) is 8.05. The lowest BCUT2D eigenvalue weighted by molar-refractivity contribution is 0.0895. The van der Waals surface area contributed by atoms with E-state index in [0.717, 1.165) is 24.2 Å². The molecule has 136 valence electrons. The molecule has 6 nitrogen and oxygen atoms in total. The molecule has 2 aromatic rings. The Morgan fingerprint density at radius 3 is 2.48 bits per heavy atom. The van der Waals surface area contributed by atoms with Gasteiger partial charge in [-0.15, -0.1) is 11.3 Å². The molecule has 0 radical (unpaired) electrons. The van der Waals surface area contributed by atoms with Gasteiger partial charge in [0.2, 0.25) is 0 Å². The molecule has 0 aliphatic carbocycles. The summed E-state index contributed by atoms with van der Waals surface area (Å²) in [5.41, 5.74) is 6.08. The Bertz CT molecular complexity index is 805. The summed E-state index contributed by atoms with van der Waals surface area (Å²) in [4.78, 5) is 12.5. The lowest BCUT2D eigenvalue weighted by Crippen LogP contribution is -2.52. The molecule has 1 amide bonds. The SMILES string of the molecule is CCC(CC)(CN)NC(=O)c1cccc(NS(=O)(=O)c2cccs2)c1. The number of carbonyl (C=O) groups excluding carboxylic acids is 1. The van der Waals surface area contributed by atoms with E-state index >= 15 is 0 Å².